The van der Waals surface area contributed by atoms with Crippen molar-refractivity contribution in [3.05, 3.63) is 28.0 Å². The van der Waals surface area contributed by atoms with Crippen LogP contribution in [0, 0.1) is 17.1 Å². The number of amides is 1. The van der Waals surface area contributed by atoms with Gasteiger partial charge in [-0.05, 0) is 34.5 Å². The molecular formula is C14H13BrFN3O. The highest BCUT2D eigenvalue weighted by Gasteiger charge is 2.36. The summed E-state index contributed by atoms with van der Waals surface area (Å²) in [6.45, 7) is 1.92. The number of carbonyl (C=O) groups is 1. The van der Waals surface area contributed by atoms with Crippen LogP contribution < -0.4 is 4.90 Å². The van der Waals surface area contributed by atoms with Crippen molar-refractivity contribution >= 4 is 27.5 Å². The summed E-state index contributed by atoms with van der Waals surface area (Å²) in [5.41, 5.74) is 0.788. The Hall–Kier alpha value is -1.61. The second kappa shape index (κ2) is 5.06. The Labute approximate surface area is 124 Å². The van der Waals surface area contributed by atoms with Crippen LogP contribution in [0.1, 0.15) is 18.4 Å². The summed E-state index contributed by atoms with van der Waals surface area (Å²) < 4.78 is 14.5. The summed E-state index contributed by atoms with van der Waals surface area (Å²) in [6.07, 6.45) is 1.44. The summed E-state index contributed by atoms with van der Waals surface area (Å²) in [5, 5.41) is 8.89. The van der Waals surface area contributed by atoms with Crippen molar-refractivity contribution in [3.8, 4) is 6.07 Å². The van der Waals surface area contributed by atoms with E-state index in [2.05, 4.69) is 15.9 Å². The molecule has 4 nitrogen and oxygen atoms in total. The molecule has 1 aromatic rings. The fourth-order valence-electron chi connectivity index (χ4n) is 2.95. The van der Waals surface area contributed by atoms with E-state index in [9.17, 15) is 9.18 Å². The van der Waals surface area contributed by atoms with E-state index in [4.69, 9.17) is 5.26 Å². The second-order valence-corrected chi connectivity index (χ2v) is 5.89. The highest BCUT2D eigenvalue weighted by molar-refractivity contribution is 9.10. The maximum atomic E-state index is 14.3. The molecule has 0 aromatic heterocycles. The molecule has 104 valence electrons. The van der Waals surface area contributed by atoms with Crippen LogP contribution in [0.3, 0.4) is 0 Å². The maximum absolute atomic E-state index is 14.3. The van der Waals surface area contributed by atoms with Crippen molar-refractivity contribution in [2.24, 2.45) is 0 Å². The number of rotatable bonds is 1. The number of halogens is 2. The molecule has 1 unspecified atom stereocenters. The Bertz CT molecular complexity index is 613. The fraction of sp³-hybridized carbons (Fsp3) is 0.429. The van der Waals surface area contributed by atoms with Crippen LogP contribution in [-0.4, -0.2) is 36.5 Å². The first-order valence-electron chi connectivity index (χ1n) is 6.54. The minimum atomic E-state index is -0.401. The van der Waals surface area contributed by atoms with Gasteiger partial charge in [-0.15, -0.1) is 0 Å². The minimum Gasteiger partial charge on any atom is -0.365 e. The summed E-state index contributed by atoms with van der Waals surface area (Å²) in [5.74, 6) is -0.196. The van der Waals surface area contributed by atoms with E-state index in [1.807, 2.05) is 15.9 Å². The van der Waals surface area contributed by atoms with Crippen LogP contribution in [-0.2, 0) is 4.79 Å². The van der Waals surface area contributed by atoms with Crippen LogP contribution >= 0.6 is 15.9 Å². The Morgan fingerprint density at radius 3 is 2.95 bits per heavy atom. The topological polar surface area (TPSA) is 47.3 Å². The fourth-order valence-corrected chi connectivity index (χ4v) is 3.38. The molecule has 6 heteroatoms. The van der Waals surface area contributed by atoms with Gasteiger partial charge in [0.15, 0.2) is 5.82 Å². The monoisotopic (exact) mass is 337 g/mol. The number of hydrogen-bond donors (Lipinski definition) is 0. The van der Waals surface area contributed by atoms with E-state index >= 15 is 0 Å². The minimum absolute atomic E-state index is 0.185. The van der Waals surface area contributed by atoms with Crippen molar-refractivity contribution in [1.29, 1.82) is 5.26 Å². The first-order chi connectivity index (χ1) is 9.61. The molecular weight excluding hydrogens is 325 g/mol. The zero-order valence-corrected chi connectivity index (χ0v) is 12.4. The summed E-state index contributed by atoms with van der Waals surface area (Å²) in [6, 6.07) is 5.40. The number of nitrogens with zero attached hydrogens (tertiary/aromatic N) is 3. The predicted molar refractivity (Wildman–Crippen MR) is 75.8 cm³/mol. The van der Waals surface area contributed by atoms with E-state index in [1.165, 1.54) is 0 Å². The predicted octanol–water partition coefficient (Wildman–Crippen LogP) is 2.27. The van der Waals surface area contributed by atoms with Gasteiger partial charge in [-0.2, -0.15) is 5.26 Å². The Balaban J connectivity index is 1.86. The molecule has 1 atom stereocenters. The lowest BCUT2D eigenvalue weighted by Crippen LogP contribution is -2.51. The first-order valence-corrected chi connectivity index (χ1v) is 7.33. The third kappa shape index (κ3) is 2.06. The Morgan fingerprint density at radius 1 is 1.40 bits per heavy atom. The van der Waals surface area contributed by atoms with Crippen molar-refractivity contribution < 1.29 is 9.18 Å². The lowest BCUT2D eigenvalue weighted by atomic mass is 10.1. The molecule has 20 heavy (non-hydrogen) atoms. The molecule has 0 spiro atoms. The van der Waals surface area contributed by atoms with Crippen LogP contribution in [0.15, 0.2) is 16.6 Å². The quantitative estimate of drug-likeness (QED) is 0.789. The largest absolute Gasteiger partial charge is 0.365 e. The molecule has 0 N–H and O–H groups in total. The van der Waals surface area contributed by atoms with Crippen molar-refractivity contribution in [2.75, 3.05) is 24.5 Å². The molecule has 2 saturated heterocycles. The van der Waals surface area contributed by atoms with Gasteiger partial charge in [0.1, 0.15) is 6.07 Å². The van der Waals surface area contributed by atoms with Gasteiger partial charge in [0, 0.05) is 32.1 Å². The molecule has 3 rings (SSSR count). The molecule has 2 aliphatic rings. The summed E-state index contributed by atoms with van der Waals surface area (Å²) in [7, 11) is 0. The third-order valence-electron chi connectivity index (χ3n) is 4.02. The number of hydrogen-bond acceptors (Lipinski definition) is 3. The molecule has 2 fully saturated rings. The van der Waals surface area contributed by atoms with Crippen molar-refractivity contribution in [2.45, 2.75) is 18.9 Å². The molecule has 2 aliphatic heterocycles. The van der Waals surface area contributed by atoms with Gasteiger partial charge >= 0.3 is 0 Å². The SMILES string of the molecule is N#Cc1ccc(N2CCN3C(=O)CCC3C2)c(F)c1Br. The highest BCUT2D eigenvalue weighted by atomic mass is 79.9. The van der Waals surface area contributed by atoms with E-state index < -0.39 is 5.82 Å². The third-order valence-corrected chi connectivity index (χ3v) is 4.79. The van der Waals surface area contributed by atoms with E-state index in [-0.39, 0.29) is 16.4 Å². The molecule has 2 heterocycles. The second-order valence-electron chi connectivity index (χ2n) is 5.10. The standard InChI is InChI=1S/C14H13BrFN3O/c15-13-9(7-17)1-3-11(14(13)16)18-5-6-19-10(8-18)2-4-12(19)20/h1,3,10H,2,4-6,8H2. The van der Waals surface area contributed by atoms with Gasteiger partial charge in [0.25, 0.3) is 0 Å². The summed E-state index contributed by atoms with van der Waals surface area (Å²) in [4.78, 5) is 15.5. The molecule has 0 radical (unpaired) electrons. The van der Waals surface area contributed by atoms with Crippen molar-refractivity contribution in [1.82, 2.24) is 4.90 Å². The number of piperazine rings is 1. The number of carbonyl (C=O) groups excluding carboxylic acids is 1. The average Bonchev–Trinajstić information content (AvgIpc) is 2.83. The number of anilines is 1. The maximum Gasteiger partial charge on any atom is 0.223 e. The highest BCUT2D eigenvalue weighted by Crippen LogP contribution is 2.32. The average molecular weight is 338 g/mol. The molecule has 0 bridgehead atoms. The van der Waals surface area contributed by atoms with Gasteiger partial charge in [0.2, 0.25) is 5.91 Å². The molecule has 0 saturated carbocycles. The van der Waals surface area contributed by atoms with Crippen LogP contribution in [0.25, 0.3) is 0 Å². The lowest BCUT2D eigenvalue weighted by molar-refractivity contribution is -0.129. The molecule has 0 aliphatic carbocycles. The Kier molecular flexibility index (Phi) is 3.38. The number of fused-ring (bicyclic) bond motifs is 1. The summed E-state index contributed by atoms with van der Waals surface area (Å²) >= 11 is 3.14. The first kappa shape index (κ1) is 13.4. The Morgan fingerprint density at radius 2 is 2.20 bits per heavy atom. The smallest absolute Gasteiger partial charge is 0.223 e. The van der Waals surface area contributed by atoms with Gasteiger partial charge in [-0.25, -0.2) is 4.39 Å². The van der Waals surface area contributed by atoms with Crippen LogP contribution in [0.4, 0.5) is 10.1 Å². The van der Waals surface area contributed by atoms with Gasteiger partial charge < -0.3 is 9.80 Å². The molecule has 1 amide bonds. The zero-order valence-electron chi connectivity index (χ0n) is 10.8. The molecule has 1 aromatic carbocycles. The van der Waals surface area contributed by atoms with Crippen LogP contribution in [0.5, 0.6) is 0 Å². The number of nitriles is 1. The van der Waals surface area contributed by atoms with E-state index in [0.717, 1.165) is 6.42 Å². The lowest BCUT2D eigenvalue weighted by Gasteiger charge is -2.39. The van der Waals surface area contributed by atoms with Gasteiger partial charge in [-0.3, -0.25) is 4.79 Å². The van der Waals surface area contributed by atoms with Gasteiger partial charge in [-0.1, -0.05) is 0 Å². The van der Waals surface area contributed by atoms with Gasteiger partial charge in [0.05, 0.1) is 15.7 Å². The number of benzene rings is 1. The zero-order chi connectivity index (χ0) is 14.3. The van der Waals surface area contributed by atoms with E-state index in [0.29, 0.717) is 37.3 Å². The van der Waals surface area contributed by atoms with Crippen molar-refractivity contribution in [3.63, 3.8) is 0 Å². The normalized spacial score (nSPS) is 21.9. The van der Waals surface area contributed by atoms with E-state index in [1.54, 1.807) is 12.1 Å². The van der Waals surface area contributed by atoms with Crippen LogP contribution in [0.2, 0.25) is 0 Å².